The number of carbonyl (C=O) groups is 1. The van der Waals surface area contributed by atoms with E-state index in [2.05, 4.69) is 22.9 Å². The van der Waals surface area contributed by atoms with Gasteiger partial charge in [-0.25, -0.2) is 13.2 Å². The Labute approximate surface area is 137 Å². The van der Waals surface area contributed by atoms with Crippen LogP contribution in [0.15, 0.2) is 14.7 Å². The van der Waals surface area contributed by atoms with Crippen molar-refractivity contribution < 1.29 is 18.3 Å². The van der Waals surface area contributed by atoms with Gasteiger partial charge in [-0.05, 0) is 47.2 Å². The Morgan fingerprint density at radius 3 is 2.76 bits per heavy atom. The molecule has 21 heavy (non-hydrogen) atoms. The van der Waals surface area contributed by atoms with Gasteiger partial charge in [0.05, 0.1) is 3.79 Å². The van der Waals surface area contributed by atoms with Gasteiger partial charge in [-0.15, -0.1) is 11.3 Å². The van der Waals surface area contributed by atoms with Gasteiger partial charge in [0, 0.05) is 13.1 Å². The number of hydrogen-bond acceptors (Lipinski definition) is 4. The van der Waals surface area contributed by atoms with Crippen LogP contribution in [0.5, 0.6) is 0 Å². The first-order valence-electron chi connectivity index (χ1n) is 6.89. The van der Waals surface area contributed by atoms with E-state index in [9.17, 15) is 13.2 Å². The van der Waals surface area contributed by atoms with Crippen LogP contribution >= 0.6 is 27.3 Å². The number of nitrogens with zero attached hydrogens (tertiary/aromatic N) is 1. The summed E-state index contributed by atoms with van der Waals surface area (Å²) in [4.78, 5) is 11.1. The fourth-order valence-electron chi connectivity index (χ4n) is 2.56. The van der Waals surface area contributed by atoms with E-state index in [-0.39, 0.29) is 9.77 Å². The van der Waals surface area contributed by atoms with Crippen molar-refractivity contribution in [3.63, 3.8) is 0 Å². The van der Waals surface area contributed by atoms with Crippen LogP contribution in [0.4, 0.5) is 0 Å². The molecule has 8 heteroatoms. The quantitative estimate of drug-likeness (QED) is 0.847. The molecule has 0 aromatic carbocycles. The van der Waals surface area contributed by atoms with Crippen LogP contribution in [0.2, 0.25) is 0 Å². The van der Waals surface area contributed by atoms with E-state index >= 15 is 0 Å². The van der Waals surface area contributed by atoms with Crippen LogP contribution in [0.1, 0.15) is 42.3 Å². The Hall–Kier alpha value is -0.440. The molecule has 1 aromatic heterocycles. The Bertz CT molecular complexity index is 626. The molecule has 0 radical (unpaired) electrons. The van der Waals surface area contributed by atoms with Crippen molar-refractivity contribution >= 4 is 43.3 Å². The summed E-state index contributed by atoms with van der Waals surface area (Å²) in [6.45, 7) is 3.14. The van der Waals surface area contributed by atoms with E-state index in [0.29, 0.717) is 22.8 Å². The van der Waals surface area contributed by atoms with Crippen molar-refractivity contribution in [3.05, 3.63) is 14.7 Å². The zero-order valence-electron chi connectivity index (χ0n) is 11.7. The first-order valence-corrected chi connectivity index (χ1v) is 9.94. The Kier molecular flexibility index (Phi) is 5.45. The summed E-state index contributed by atoms with van der Waals surface area (Å²) in [5.41, 5.74) is 0. The summed E-state index contributed by atoms with van der Waals surface area (Å²) in [5, 5.41) is 8.99. The summed E-state index contributed by atoms with van der Waals surface area (Å²) in [6, 6.07) is 1.24. The van der Waals surface area contributed by atoms with Gasteiger partial charge in [-0.3, -0.25) is 0 Å². The van der Waals surface area contributed by atoms with Gasteiger partial charge in [0.1, 0.15) is 9.77 Å². The summed E-state index contributed by atoms with van der Waals surface area (Å²) in [6.07, 6.45) is 3.83. The highest BCUT2D eigenvalue weighted by molar-refractivity contribution is 9.11. The van der Waals surface area contributed by atoms with Gasteiger partial charge in [0.2, 0.25) is 10.0 Å². The lowest BCUT2D eigenvalue weighted by Crippen LogP contribution is -2.32. The van der Waals surface area contributed by atoms with Crippen LogP contribution in [0.25, 0.3) is 0 Å². The molecule has 1 atom stereocenters. The molecule has 1 fully saturated rings. The van der Waals surface area contributed by atoms with Crippen LogP contribution in [-0.4, -0.2) is 36.9 Å². The maximum atomic E-state index is 12.7. The number of halogens is 1. The smallest absolute Gasteiger partial charge is 0.345 e. The summed E-state index contributed by atoms with van der Waals surface area (Å²) in [5.74, 6) is -0.533. The second-order valence-electron chi connectivity index (χ2n) is 5.16. The van der Waals surface area contributed by atoms with E-state index < -0.39 is 16.0 Å². The molecule has 1 aliphatic rings. The van der Waals surface area contributed by atoms with E-state index in [1.165, 1.54) is 10.4 Å². The van der Waals surface area contributed by atoms with E-state index in [0.717, 1.165) is 37.0 Å². The van der Waals surface area contributed by atoms with Gasteiger partial charge in [-0.2, -0.15) is 4.31 Å². The molecule has 5 nitrogen and oxygen atoms in total. The molecule has 0 bridgehead atoms. The monoisotopic (exact) mass is 395 g/mol. The second-order valence-corrected chi connectivity index (χ2v) is 9.44. The minimum absolute atomic E-state index is 0.0294. The highest BCUT2D eigenvalue weighted by Gasteiger charge is 2.31. The third-order valence-electron chi connectivity index (χ3n) is 3.87. The molecule has 2 rings (SSSR count). The van der Waals surface area contributed by atoms with E-state index in [1.54, 1.807) is 0 Å². The van der Waals surface area contributed by atoms with Crippen LogP contribution in [-0.2, 0) is 10.0 Å². The molecule has 118 valence electrons. The van der Waals surface area contributed by atoms with Crippen molar-refractivity contribution in [1.29, 1.82) is 0 Å². The fraction of sp³-hybridized carbons (Fsp3) is 0.615. The van der Waals surface area contributed by atoms with Crippen LogP contribution in [0.3, 0.4) is 0 Å². The van der Waals surface area contributed by atoms with Crippen molar-refractivity contribution in [3.8, 4) is 0 Å². The van der Waals surface area contributed by atoms with Gasteiger partial charge >= 0.3 is 5.97 Å². The lowest BCUT2D eigenvalue weighted by atomic mass is 9.98. The molecule has 0 amide bonds. The average Bonchev–Trinajstić information content (AvgIpc) is 2.68. The summed E-state index contributed by atoms with van der Waals surface area (Å²) < 4.78 is 27.2. The van der Waals surface area contributed by atoms with E-state index in [4.69, 9.17) is 5.11 Å². The van der Waals surface area contributed by atoms with Crippen LogP contribution in [0, 0.1) is 5.92 Å². The second kappa shape index (κ2) is 6.76. The number of carboxylic acids is 1. The maximum absolute atomic E-state index is 12.7. The fourth-order valence-corrected chi connectivity index (χ4v) is 6.41. The number of carboxylic acid groups (broad SMARTS) is 1. The number of aromatic carboxylic acids is 1. The Morgan fingerprint density at radius 2 is 2.19 bits per heavy atom. The zero-order chi connectivity index (χ0) is 15.6. The topological polar surface area (TPSA) is 74.7 Å². The van der Waals surface area contributed by atoms with Crippen LogP contribution < -0.4 is 0 Å². The van der Waals surface area contributed by atoms with Crippen molar-refractivity contribution in [1.82, 2.24) is 4.31 Å². The zero-order valence-corrected chi connectivity index (χ0v) is 14.9. The molecule has 1 unspecified atom stereocenters. The third kappa shape index (κ3) is 3.67. The van der Waals surface area contributed by atoms with Gasteiger partial charge < -0.3 is 5.11 Å². The lowest BCUT2D eigenvalue weighted by Gasteiger charge is -2.19. The number of hydrogen-bond donors (Lipinski definition) is 1. The summed E-state index contributed by atoms with van der Waals surface area (Å²) >= 11 is 4.12. The number of rotatable bonds is 4. The first kappa shape index (κ1) is 16.9. The molecule has 1 N–H and O–H groups in total. The van der Waals surface area contributed by atoms with Crippen molar-refractivity contribution in [2.75, 3.05) is 13.1 Å². The predicted octanol–water partition coefficient (Wildman–Crippen LogP) is 3.41. The summed E-state index contributed by atoms with van der Waals surface area (Å²) in [7, 11) is -3.63. The highest BCUT2D eigenvalue weighted by atomic mass is 79.9. The van der Waals surface area contributed by atoms with Gasteiger partial charge in [0.15, 0.2) is 0 Å². The number of sulfonamides is 1. The predicted molar refractivity (Wildman–Crippen MR) is 85.4 cm³/mol. The third-order valence-corrected chi connectivity index (χ3v) is 8.01. The molecule has 0 aliphatic carbocycles. The molecule has 0 saturated carbocycles. The van der Waals surface area contributed by atoms with Gasteiger partial charge in [0.25, 0.3) is 0 Å². The largest absolute Gasteiger partial charge is 0.477 e. The molecular weight excluding hydrogens is 378 g/mol. The highest BCUT2D eigenvalue weighted by Crippen LogP contribution is 2.34. The molecule has 1 aliphatic heterocycles. The molecular formula is C13H18BrNO4S2. The average molecular weight is 396 g/mol. The molecule has 1 aromatic rings. The number of thiophene rings is 1. The minimum atomic E-state index is -3.63. The molecule has 2 heterocycles. The minimum Gasteiger partial charge on any atom is -0.477 e. The Morgan fingerprint density at radius 1 is 1.48 bits per heavy atom. The first-order chi connectivity index (χ1) is 9.86. The van der Waals surface area contributed by atoms with Crippen molar-refractivity contribution in [2.45, 2.75) is 37.5 Å². The Balaban J connectivity index is 2.27. The van der Waals surface area contributed by atoms with Gasteiger partial charge in [-0.1, -0.05) is 13.3 Å². The normalized spacial score (nSPS) is 21.1. The van der Waals surface area contributed by atoms with Crippen molar-refractivity contribution in [2.24, 2.45) is 5.92 Å². The standard InChI is InChI=1S/C13H18BrNO4S2/c1-2-9-4-3-6-15(7-5-9)21(18,19)11-8-10(13(16)17)20-12(11)14/h8-9H,2-7H2,1H3,(H,16,17). The maximum Gasteiger partial charge on any atom is 0.345 e. The SMILES string of the molecule is CCC1CCCN(S(=O)(=O)c2cc(C(=O)O)sc2Br)CC1. The molecule has 1 saturated heterocycles. The van der Waals surface area contributed by atoms with E-state index in [1.807, 2.05) is 0 Å². The lowest BCUT2D eigenvalue weighted by molar-refractivity contribution is 0.0702. The molecule has 0 spiro atoms.